The number of aromatic hydroxyl groups is 1. The average molecular weight is 290 g/mol. The van der Waals surface area contributed by atoms with Crippen molar-refractivity contribution < 1.29 is 22.9 Å². The molecule has 1 heterocycles. The van der Waals surface area contributed by atoms with Gasteiger partial charge in [0, 0.05) is 12.6 Å². The molecule has 0 aliphatic carbocycles. The number of carbonyl (C=O) groups excluding carboxylic acids is 1. The Balaban J connectivity index is 3.87. The molecule has 0 saturated heterocycles. The number of rotatable bonds is 3. The molecule has 0 fully saturated rings. The molecule has 4 N–H and O–H groups in total. The van der Waals surface area contributed by atoms with Gasteiger partial charge >= 0.3 is 0 Å². The van der Waals surface area contributed by atoms with E-state index in [4.69, 9.17) is 10.3 Å². The number of primary amides is 1. The highest BCUT2D eigenvalue weighted by atomic mass is 32.2. The van der Waals surface area contributed by atoms with Crippen LogP contribution in [0, 0.1) is 6.92 Å². The first-order valence-corrected chi connectivity index (χ1v) is 6.69. The Morgan fingerprint density at radius 2 is 1.89 bits per heavy atom. The molecule has 9 heteroatoms. The second-order valence-corrected chi connectivity index (χ2v) is 5.86. The van der Waals surface area contributed by atoms with E-state index in [0.717, 1.165) is 14.0 Å². The molecule has 8 nitrogen and oxygen atoms in total. The summed E-state index contributed by atoms with van der Waals surface area (Å²) in [5.41, 5.74) is 3.52. The van der Waals surface area contributed by atoms with Crippen LogP contribution in [0.2, 0.25) is 0 Å². The minimum absolute atomic E-state index is 0.0711. The SMILES string of the molecule is Cc1c(C(N)=O)c(O)n(C)c(=O)c1C(C)S(=O)(=O)O. The Morgan fingerprint density at radius 3 is 2.26 bits per heavy atom. The Morgan fingerprint density at radius 1 is 1.42 bits per heavy atom. The molecule has 1 aromatic rings. The van der Waals surface area contributed by atoms with Gasteiger partial charge < -0.3 is 10.8 Å². The zero-order valence-corrected chi connectivity index (χ0v) is 11.4. The predicted octanol–water partition coefficient (Wildman–Crippen LogP) is -0.553. The summed E-state index contributed by atoms with van der Waals surface area (Å²) < 4.78 is 32.0. The predicted molar refractivity (Wildman–Crippen MR) is 66.6 cm³/mol. The van der Waals surface area contributed by atoms with Crippen molar-refractivity contribution in [2.75, 3.05) is 0 Å². The fourth-order valence-electron chi connectivity index (χ4n) is 1.83. The van der Waals surface area contributed by atoms with E-state index in [1.165, 1.54) is 6.92 Å². The van der Waals surface area contributed by atoms with E-state index in [0.29, 0.717) is 4.57 Å². The summed E-state index contributed by atoms with van der Waals surface area (Å²) in [6.07, 6.45) is 0. The number of amides is 1. The molecule has 0 radical (unpaired) electrons. The molecular formula is C10H14N2O6S. The van der Waals surface area contributed by atoms with Crippen molar-refractivity contribution in [3.63, 3.8) is 0 Å². The summed E-state index contributed by atoms with van der Waals surface area (Å²) >= 11 is 0. The molecule has 1 rings (SSSR count). The zero-order chi connectivity index (χ0) is 15.1. The van der Waals surface area contributed by atoms with Crippen LogP contribution in [0.5, 0.6) is 5.88 Å². The van der Waals surface area contributed by atoms with Gasteiger partial charge in [-0.1, -0.05) is 0 Å². The second kappa shape index (κ2) is 4.67. The van der Waals surface area contributed by atoms with Crippen LogP contribution in [0.15, 0.2) is 4.79 Å². The summed E-state index contributed by atoms with van der Waals surface area (Å²) in [4.78, 5) is 23.2. The molecule has 0 saturated carbocycles. The van der Waals surface area contributed by atoms with Gasteiger partial charge in [-0.2, -0.15) is 8.42 Å². The van der Waals surface area contributed by atoms with Crippen molar-refractivity contribution in [1.29, 1.82) is 0 Å². The third kappa shape index (κ3) is 2.47. The van der Waals surface area contributed by atoms with Crippen molar-refractivity contribution in [2.24, 2.45) is 12.8 Å². The number of nitrogens with two attached hydrogens (primary N) is 1. The van der Waals surface area contributed by atoms with E-state index in [1.54, 1.807) is 0 Å². The van der Waals surface area contributed by atoms with Gasteiger partial charge in [0.2, 0.25) is 5.88 Å². The summed E-state index contributed by atoms with van der Waals surface area (Å²) in [6, 6.07) is 0. The minimum Gasteiger partial charge on any atom is -0.494 e. The van der Waals surface area contributed by atoms with Crippen molar-refractivity contribution >= 4 is 16.0 Å². The van der Waals surface area contributed by atoms with E-state index in [1.807, 2.05) is 0 Å². The Kier molecular flexibility index (Phi) is 3.73. The molecule has 106 valence electrons. The van der Waals surface area contributed by atoms with Crippen LogP contribution in [-0.4, -0.2) is 28.6 Å². The minimum atomic E-state index is -4.52. The lowest BCUT2D eigenvalue weighted by Crippen LogP contribution is -2.30. The molecule has 1 amide bonds. The van der Waals surface area contributed by atoms with Crippen molar-refractivity contribution in [3.05, 3.63) is 27.0 Å². The van der Waals surface area contributed by atoms with Gasteiger partial charge in [-0.3, -0.25) is 18.7 Å². The molecule has 1 unspecified atom stereocenters. The van der Waals surface area contributed by atoms with Gasteiger partial charge in [0.1, 0.15) is 10.8 Å². The molecule has 0 aliphatic heterocycles. The molecule has 1 atom stereocenters. The highest BCUT2D eigenvalue weighted by Gasteiger charge is 2.29. The van der Waals surface area contributed by atoms with Crippen LogP contribution in [-0.2, 0) is 17.2 Å². The Hall–Kier alpha value is -1.87. The molecule has 19 heavy (non-hydrogen) atoms. The molecule has 0 aliphatic rings. The molecule has 0 aromatic carbocycles. The quantitative estimate of drug-likeness (QED) is 0.638. The van der Waals surface area contributed by atoms with Crippen molar-refractivity contribution in [1.82, 2.24) is 4.57 Å². The first kappa shape index (κ1) is 15.2. The largest absolute Gasteiger partial charge is 0.494 e. The van der Waals surface area contributed by atoms with Crippen molar-refractivity contribution in [2.45, 2.75) is 19.1 Å². The van der Waals surface area contributed by atoms with Crippen LogP contribution in [0.25, 0.3) is 0 Å². The van der Waals surface area contributed by atoms with Gasteiger partial charge in [0.15, 0.2) is 0 Å². The normalized spacial score (nSPS) is 13.3. The third-order valence-electron chi connectivity index (χ3n) is 2.96. The smallest absolute Gasteiger partial charge is 0.271 e. The van der Waals surface area contributed by atoms with Crippen LogP contribution in [0.3, 0.4) is 0 Å². The van der Waals surface area contributed by atoms with Crippen LogP contribution in [0.4, 0.5) is 0 Å². The number of hydrogen-bond acceptors (Lipinski definition) is 5. The van der Waals surface area contributed by atoms with Crippen LogP contribution < -0.4 is 11.3 Å². The third-order valence-corrected chi connectivity index (χ3v) is 4.08. The van der Waals surface area contributed by atoms with Crippen LogP contribution in [0.1, 0.15) is 33.7 Å². The average Bonchev–Trinajstić information content (AvgIpc) is 2.24. The first-order valence-electron chi connectivity index (χ1n) is 5.18. The maximum Gasteiger partial charge on any atom is 0.271 e. The highest BCUT2D eigenvalue weighted by molar-refractivity contribution is 7.86. The number of carbonyl (C=O) groups is 1. The molecule has 0 spiro atoms. The number of pyridine rings is 1. The van der Waals surface area contributed by atoms with E-state index in [2.05, 4.69) is 0 Å². The zero-order valence-electron chi connectivity index (χ0n) is 10.5. The lowest BCUT2D eigenvalue weighted by Gasteiger charge is -2.16. The van der Waals surface area contributed by atoms with Gasteiger partial charge in [-0.25, -0.2) is 0 Å². The van der Waals surface area contributed by atoms with E-state index < -0.39 is 32.7 Å². The Bertz CT molecular complexity index is 704. The van der Waals surface area contributed by atoms with E-state index >= 15 is 0 Å². The first-order chi connectivity index (χ1) is 8.50. The lowest BCUT2D eigenvalue weighted by atomic mass is 10.0. The highest BCUT2D eigenvalue weighted by Crippen LogP contribution is 2.27. The molecular weight excluding hydrogens is 276 g/mol. The summed E-state index contributed by atoms with van der Waals surface area (Å²) in [5.74, 6) is -1.66. The number of aromatic nitrogens is 1. The number of hydrogen-bond donors (Lipinski definition) is 3. The fourth-order valence-corrected chi connectivity index (χ4v) is 2.41. The van der Waals surface area contributed by atoms with E-state index in [-0.39, 0.29) is 16.7 Å². The van der Waals surface area contributed by atoms with Gasteiger partial charge in [0.05, 0.1) is 0 Å². The summed E-state index contributed by atoms with van der Waals surface area (Å²) in [6.45, 7) is 2.37. The standard InChI is InChI=1S/C10H14N2O6S/c1-4-6(5(2)19(16,17)18)9(14)12(3)10(15)7(4)8(11)13/h5,15H,1-3H3,(H2,11,13)(H,16,17,18). The maximum absolute atomic E-state index is 11.9. The van der Waals surface area contributed by atoms with Crippen LogP contribution >= 0.6 is 0 Å². The summed E-state index contributed by atoms with van der Waals surface area (Å²) in [7, 11) is -3.36. The lowest BCUT2D eigenvalue weighted by molar-refractivity contribution is 0.0995. The summed E-state index contributed by atoms with van der Waals surface area (Å²) in [5, 5.41) is 8.15. The second-order valence-electron chi connectivity index (χ2n) is 4.12. The maximum atomic E-state index is 11.9. The topological polar surface area (TPSA) is 140 Å². The fraction of sp³-hybridized carbons (Fsp3) is 0.400. The van der Waals surface area contributed by atoms with Gasteiger partial charge in [0.25, 0.3) is 21.6 Å². The molecule has 0 bridgehead atoms. The van der Waals surface area contributed by atoms with Gasteiger partial charge in [-0.15, -0.1) is 0 Å². The number of nitrogens with zero attached hydrogens (tertiary/aromatic N) is 1. The van der Waals surface area contributed by atoms with Gasteiger partial charge in [-0.05, 0) is 19.4 Å². The Labute approximate surface area is 109 Å². The van der Waals surface area contributed by atoms with Crippen molar-refractivity contribution in [3.8, 4) is 5.88 Å². The molecule has 1 aromatic heterocycles. The van der Waals surface area contributed by atoms with E-state index in [9.17, 15) is 23.1 Å². The monoisotopic (exact) mass is 290 g/mol.